The van der Waals surface area contributed by atoms with Crippen LogP contribution in [0.25, 0.3) is 0 Å². The number of para-hydroxylation sites is 1. The van der Waals surface area contributed by atoms with Crippen LogP contribution in [-0.4, -0.2) is 38.4 Å². The van der Waals surface area contributed by atoms with Crippen LogP contribution in [0, 0.1) is 5.92 Å². The molecule has 0 atom stereocenters. The van der Waals surface area contributed by atoms with Gasteiger partial charge in [0.25, 0.3) is 0 Å². The zero-order valence-electron chi connectivity index (χ0n) is 15.9. The fraction of sp³-hybridized carbons (Fsp3) is 0.381. The molecule has 28 heavy (non-hydrogen) atoms. The molecule has 0 spiro atoms. The lowest BCUT2D eigenvalue weighted by Gasteiger charge is -2.30. The Hall–Kier alpha value is -2.38. The Balaban J connectivity index is 1.65. The summed E-state index contributed by atoms with van der Waals surface area (Å²) in [7, 11) is -3.60. The molecule has 0 N–H and O–H groups in total. The minimum absolute atomic E-state index is 0.225. The van der Waals surface area contributed by atoms with Gasteiger partial charge in [0, 0.05) is 13.1 Å². The van der Waals surface area contributed by atoms with Gasteiger partial charge in [-0.05, 0) is 49.6 Å². The van der Waals surface area contributed by atoms with E-state index in [0.29, 0.717) is 32.5 Å². The maximum atomic E-state index is 13.0. The van der Waals surface area contributed by atoms with Crippen LogP contribution in [0.4, 0.5) is 0 Å². The summed E-state index contributed by atoms with van der Waals surface area (Å²) in [5.74, 6) is 0.272. The molecule has 7 heteroatoms. The van der Waals surface area contributed by atoms with Crippen molar-refractivity contribution in [2.75, 3.05) is 19.7 Å². The van der Waals surface area contributed by atoms with Crippen LogP contribution >= 0.6 is 0 Å². The molecule has 0 bridgehead atoms. The van der Waals surface area contributed by atoms with Gasteiger partial charge in [0.1, 0.15) is 12.4 Å². The number of hydrogen-bond acceptors (Lipinski definition) is 5. The zero-order valence-corrected chi connectivity index (χ0v) is 16.7. The molecule has 150 valence electrons. The molecule has 1 fully saturated rings. The van der Waals surface area contributed by atoms with Crippen LogP contribution in [0.3, 0.4) is 0 Å². The number of carbonyl (C=O) groups is 1. The van der Waals surface area contributed by atoms with Crippen molar-refractivity contribution in [1.82, 2.24) is 4.31 Å². The molecule has 0 radical (unpaired) electrons. The molecule has 0 aromatic heterocycles. The van der Waals surface area contributed by atoms with E-state index in [2.05, 4.69) is 0 Å². The monoisotopic (exact) mass is 403 g/mol. The fourth-order valence-electron chi connectivity index (χ4n) is 3.22. The molecule has 1 heterocycles. The lowest BCUT2D eigenvalue weighted by atomic mass is 9.98. The summed E-state index contributed by atoms with van der Waals surface area (Å²) in [4.78, 5) is 12.1. The van der Waals surface area contributed by atoms with Crippen LogP contribution in [0.2, 0.25) is 0 Å². The van der Waals surface area contributed by atoms with Crippen molar-refractivity contribution in [3.8, 4) is 5.75 Å². The fourth-order valence-corrected chi connectivity index (χ4v) is 4.76. The Morgan fingerprint density at radius 3 is 2.46 bits per heavy atom. The Kier molecular flexibility index (Phi) is 6.70. The number of hydrogen-bond donors (Lipinski definition) is 0. The van der Waals surface area contributed by atoms with Crippen molar-refractivity contribution in [2.45, 2.75) is 31.3 Å². The highest BCUT2D eigenvalue weighted by Crippen LogP contribution is 2.25. The highest BCUT2D eigenvalue weighted by Gasteiger charge is 2.32. The number of esters is 1. The van der Waals surface area contributed by atoms with Gasteiger partial charge < -0.3 is 9.47 Å². The number of carbonyl (C=O) groups excluding carboxylic acids is 1. The van der Waals surface area contributed by atoms with Gasteiger partial charge >= 0.3 is 5.97 Å². The molecule has 1 aliphatic heterocycles. The molecule has 0 aliphatic carbocycles. The minimum atomic E-state index is -3.60. The summed E-state index contributed by atoms with van der Waals surface area (Å²) in [5, 5.41) is 0. The van der Waals surface area contributed by atoms with Gasteiger partial charge in [-0.25, -0.2) is 8.42 Å². The van der Waals surface area contributed by atoms with Crippen LogP contribution in [-0.2, 0) is 26.2 Å². The quantitative estimate of drug-likeness (QED) is 0.664. The van der Waals surface area contributed by atoms with E-state index in [4.69, 9.17) is 9.47 Å². The number of ether oxygens (including phenoxy) is 2. The van der Waals surface area contributed by atoms with Crippen molar-refractivity contribution < 1.29 is 22.7 Å². The maximum absolute atomic E-state index is 13.0. The number of nitrogens with zero attached hydrogens (tertiary/aromatic N) is 1. The smallest absolute Gasteiger partial charge is 0.309 e. The van der Waals surface area contributed by atoms with E-state index in [9.17, 15) is 13.2 Å². The third kappa shape index (κ3) is 4.91. The Morgan fingerprint density at radius 2 is 1.79 bits per heavy atom. The molecule has 0 saturated carbocycles. The van der Waals surface area contributed by atoms with Crippen LogP contribution in [0.15, 0.2) is 59.5 Å². The van der Waals surface area contributed by atoms with E-state index in [1.54, 1.807) is 25.1 Å². The SMILES string of the molecule is CCOC(=O)C1CCN(S(=O)(=O)c2cccc(COc3ccccc3)c2)CC1. The van der Waals surface area contributed by atoms with E-state index in [0.717, 1.165) is 11.3 Å². The highest BCUT2D eigenvalue weighted by atomic mass is 32.2. The number of rotatable bonds is 7. The number of piperidine rings is 1. The number of sulfonamides is 1. The second kappa shape index (κ2) is 9.21. The van der Waals surface area contributed by atoms with Gasteiger partial charge in [-0.1, -0.05) is 30.3 Å². The third-order valence-electron chi connectivity index (χ3n) is 4.76. The molecular formula is C21H25NO5S. The average molecular weight is 404 g/mol. The summed E-state index contributed by atoms with van der Waals surface area (Å²) in [6.07, 6.45) is 0.962. The first-order chi connectivity index (χ1) is 13.5. The first-order valence-electron chi connectivity index (χ1n) is 9.44. The Bertz CT molecular complexity index is 890. The predicted octanol–water partition coefficient (Wildman–Crippen LogP) is 3.23. The van der Waals surface area contributed by atoms with Crippen molar-refractivity contribution in [1.29, 1.82) is 0 Å². The molecular weight excluding hydrogens is 378 g/mol. The van der Waals surface area contributed by atoms with Gasteiger partial charge in [0.2, 0.25) is 10.0 Å². The summed E-state index contributed by atoms with van der Waals surface area (Å²) in [6, 6.07) is 16.2. The highest BCUT2D eigenvalue weighted by molar-refractivity contribution is 7.89. The topological polar surface area (TPSA) is 72.9 Å². The summed E-state index contributed by atoms with van der Waals surface area (Å²) >= 11 is 0. The molecule has 3 rings (SSSR count). The van der Waals surface area contributed by atoms with E-state index < -0.39 is 10.0 Å². The van der Waals surface area contributed by atoms with Crippen molar-refractivity contribution in [3.05, 3.63) is 60.2 Å². The standard InChI is InChI=1S/C21H25NO5S/c1-2-26-21(23)18-11-13-22(14-12-18)28(24,25)20-10-6-7-17(15-20)16-27-19-8-4-3-5-9-19/h3-10,15,18H,2,11-14,16H2,1H3. The Labute approximate surface area is 166 Å². The Morgan fingerprint density at radius 1 is 1.07 bits per heavy atom. The molecule has 6 nitrogen and oxygen atoms in total. The van der Waals surface area contributed by atoms with E-state index in [1.165, 1.54) is 4.31 Å². The van der Waals surface area contributed by atoms with Gasteiger partial charge in [-0.3, -0.25) is 4.79 Å². The van der Waals surface area contributed by atoms with Gasteiger partial charge in [0.15, 0.2) is 0 Å². The minimum Gasteiger partial charge on any atom is -0.489 e. The summed E-state index contributed by atoms with van der Waals surface area (Å²) < 4.78 is 38.2. The zero-order chi connectivity index (χ0) is 20.0. The molecule has 1 saturated heterocycles. The van der Waals surface area contributed by atoms with Crippen molar-refractivity contribution in [3.63, 3.8) is 0 Å². The van der Waals surface area contributed by atoms with Gasteiger partial charge in [-0.2, -0.15) is 4.31 Å². The van der Waals surface area contributed by atoms with Crippen molar-refractivity contribution >= 4 is 16.0 Å². The second-order valence-electron chi connectivity index (χ2n) is 6.68. The van der Waals surface area contributed by atoms with Crippen molar-refractivity contribution in [2.24, 2.45) is 5.92 Å². The second-order valence-corrected chi connectivity index (χ2v) is 8.62. The predicted molar refractivity (Wildman–Crippen MR) is 105 cm³/mol. The van der Waals surface area contributed by atoms with Crippen LogP contribution in [0.1, 0.15) is 25.3 Å². The molecule has 0 amide bonds. The van der Waals surface area contributed by atoms with Crippen LogP contribution in [0.5, 0.6) is 5.75 Å². The molecule has 0 unspecified atom stereocenters. The lowest BCUT2D eigenvalue weighted by Crippen LogP contribution is -2.40. The maximum Gasteiger partial charge on any atom is 0.309 e. The van der Waals surface area contributed by atoms with Crippen LogP contribution < -0.4 is 4.74 Å². The largest absolute Gasteiger partial charge is 0.489 e. The first-order valence-corrected chi connectivity index (χ1v) is 10.9. The molecule has 2 aromatic rings. The summed E-state index contributed by atoms with van der Waals surface area (Å²) in [5.41, 5.74) is 0.784. The van der Waals surface area contributed by atoms with E-state index in [1.807, 2.05) is 36.4 Å². The van der Waals surface area contributed by atoms with Gasteiger partial charge in [-0.15, -0.1) is 0 Å². The number of benzene rings is 2. The van der Waals surface area contributed by atoms with Gasteiger partial charge in [0.05, 0.1) is 17.4 Å². The third-order valence-corrected chi connectivity index (χ3v) is 6.65. The normalized spacial score (nSPS) is 15.9. The first kappa shape index (κ1) is 20.4. The van der Waals surface area contributed by atoms with E-state index in [-0.39, 0.29) is 23.4 Å². The molecule has 1 aliphatic rings. The average Bonchev–Trinajstić information content (AvgIpc) is 2.73. The van der Waals surface area contributed by atoms with E-state index >= 15 is 0 Å². The summed E-state index contributed by atoms with van der Waals surface area (Å²) in [6.45, 7) is 3.03. The molecule has 2 aromatic carbocycles. The lowest BCUT2D eigenvalue weighted by molar-refractivity contribution is -0.149.